The Labute approximate surface area is 127 Å². The van der Waals surface area contributed by atoms with E-state index in [4.69, 9.17) is 11.6 Å². The number of allylic oxidation sites excluding steroid dienone is 1. The summed E-state index contributed by atoms with van der Waals surface area (Å²) in [4.78, 5) is 17.1. The van der Waals surface area contributed by atoms with Crippen molar-refractivity contribution in [2.24, 2.45) is 0 Å². The van der Waals surface area contributed by atoms with E-state index < -0.39 is 0 Å². The lowest BCUT2D eigenvalue weighted by atomic mass is 10.2. The maximum atomic E-state index is 12.5. The third kappa shape index (κ3) is 3.25. The van der Waals surface area contributed by atoms with Crippen LogP contribution in [0.5, 0.6) is 0 Å². The Morgan fingerprint density at radius 1 is 1.50 bits per heavy atom. The molecule has 1 aromatic carbocycles. The van der Waals surface area contributed by atoms with E-state index in [2.05, 4.69) is 18.5 Å². The molecule has 0 saturated carbocycles. The van der Waals surface area contributed by atoms with Crippen molar-refractivity contribution in [2.75, 3.05) is 5.75 Å². The first-order chi connectivity index (χ1) is 9.67. The molecule has 20 heavy (non-hydrogen) atoms. The zero-order chi connectivity index (χ0) is 14.5. The monoisotopic (exact) mass is 308 g/mol. The van der Waals surface area contributed by atoms with Crippen LogP contribution in [0.15, 0.2) is 40.8 Å². The van der Waals surface area contributed by atoms with Crippen LogP contribution in [0.4, 0.5) is 0 Å². The SMILES string of the molecule is C=CCn1c(SCCCC)nc2cc(Cl)ccc2c1=O. The molecule has 0 radical (unpaired) electrons. The highest BCUT2D eigenvalue weighted by atomic mass is 35.5. The fraction of sp³-hybridized carbons (Fsp3) is 0.333. The van der Waals surface area contributed by atoms with Crippen molar-refractivity contribution < 1.29 is 0 Å². The van der Waals surface area contributed by atoms with Gasteiger partial charge in [-0.25, -0.2) is 4.98 Å². The Kier molecular flexibility index (Phi) is 5.26. The number of aromatic nitrogens is 2. The van der Waals surface area contributed by atoms with Gasteiger partial charge in [-0.1, -0.05) is 42.8 Å². The molecule has 2 aromatic rings. The third-order valence-electron chi connectivity index (χ3n) is 2.92. The smallest absolute Gasteiger partial charge is 0.262 e. The second-order valence-electron chi connectivity index (χ2n) is 4.46. The maximum Gasteiger partial charge on any atom is 0.262 e. The molecule has 1 heterocycles. The lowest BCUT2D eigenvalue weighted by Gasteiger charge is -2.11. The van der Waals surface area contributed by atoms with Crippen LogP contribution >= 0.6 is 23.4 Å². The van der Waals surface area contributed by atoms with Gasteiger partial charge >= 0.3 is 0 Å². The third-order valence-corrected chi connectivity index (χ3v) is 4.22. The molecule has 0 bridgehead atoms. The largest absolute Gasteiger partial charge is 0.283 e. The summed E-state index contributed by atoms with van der Waals surface area (Å²) in [5.41, 5.74) is 0.618. The minimum Gasteiger partial charge on any atom is -0.283 e. The van der Waals surface area contributed by atoms with Gasteiger partial charge in [-0.3, -0.25) is 9.36 Å². The molecule has 0 N–H and O–H groups in total. The molecule has 1 aromatic heterocycles. The first-order valence-electron chi connectivity index (χ1n) is 6.61. The van der Waals surface area contributed by atoms with Gasteiger partial charge < -0.3 is 0 Å². The Bertz CT molecular complexity index is 681. The molecule has 0 atom stereocenters. The summed E-state index contributed by atoms with van der Waals surface area (Å²) in [5.74, 6) is 0.951. The Balaban J connectivity index is 2.54. The van der Waals surface area contributed by atoms with Crippen molar-refractivity contribution >= 4 is 34.3 Å². The highest BCUT2D eigenvalue weighted by Gasteiger charge is 2.10. The van der Waals surface area contributed by atoms with E-state index in [-0.39, 0.29) is 5.56 Å². The van der Waals surface area contributed by atoms with Gasteiger partial charge in [0.05, 0.1) is 10.9 Å². The standard InChI is InChI=1S/C15H17ClN2OS/c1-3-5-9-20-15-17-13-10-11(16)6-7-12(13)14(19)18(15)8-4-2/h4,6-7,10H,2-3,5,8-9H2,1H3. The molecule has 0 aliphatic rings. The van der Waals surface area contributed by atoms with Crippen molar-refractivity contribution in [1.29, 1.82) is 0 Å². The van der Waals surface area contributed by atoms with Gasteiger partial charge in [-0.05, 0) is 24.6 Å². The maximum absolute atomic E-state index is 12.5. The number of nitrogens with zero attached hydrogens (tertiary/aromatic N) is 2. The molecule has 5 heteroatoms. The number of hydrogen-bond donors (Lipinski definition) is 0. The van der Waals surface area contributed by atoms with E-state index in [1.54, 1.807) is 40.6 Å². The zero-order valence-corrected chi connectivity index (χ0v) is 13.0. The Morgan fingerprint density at radius 2 is 2.30 bits per heavy atom. The second kappa shape index (κ2) is 6.95. The van der Waals surface area contributed by atoms with Crippen molar-refractivity contribution in [1.82, 2.24) is 9.55 Å². The first-order valence-corrected chi connectivity index (χ1v) is 7.97. The molecule has 0 aliphatic heterocycles. The molecular formula is C15H17ClN2OS. The average molecular weight is 309 g/mol. The predicted octanol–water partition coefficient (Wildman–Crippen LogP) is 4.13. The fourth-order valence-electron chi connectivity index (χ4n) is 1.88. The van der Waals surface area contributed by atoms with E-state index in [1.165, 1.54) is 0 Å². The molecule has 3 nitrogen and oxygen atoms in total. The van der Waals surface area contributed by atoms with Crippen LogP contribution in [0, 0.1) is 0 Å². The van der Waals surface area contributed by atoms with Gasteiger partial charge in [0.25, 0.3) is 5.56 Å². The molecule has 0 saturated heterocycles. The van der Waals surface area contributed by atoms with E-state index in [0.717, 1.165) is 23.8 Å². The quantitative estimate of drug-likeness (QED) is 0.348. The molecule has 0 spiro atoms. The van der Waals surface area contributed by atoms with E-state index in [1.807, 2.05) is 0 Å². The highest BCUT2D eigenvalue weighted by molar-refractivity contribution is 7.99. The van der Waals surface area contributed by atoms with E-state index in [0.29, 0.717) is 22.5 Å². The molecule has 0 unspecified atom stereocenters. The van der Waals surface area contributed by atoms with Crippen LogP contribution in [-0.2, 0) is 6.54 Å². The first kappa shape index (κ1) is 15.1. The summed E-state index contributed by atoms with van der Waals surface area (Å²) in [6.07, 6.45) is 3.94. The summed E-state index contributed by atoms with van der Waals surface area (Å²) in [6.45, 7) is 6.33. The molecular weight excluding hydrogens is 292 g/mol. The molecule has 106 valence electrons. The topological polar surface area (TPSA) is 34.9 Å². The number of halogens is 1. The van der Waals surface area contributed by atoms with Crippen LogP contribution < -0.4 is 5.56 Å². The van der Waals surface area contributed by atoms with Crippen molar-refractivity contribution in [2.45, 2.75) is 31.5 Å². The fourth-order valence-corrected chi connectivity index (χ4v) is 3.14. The minimum atomic E-state index is -0.0365. The second-order valence-corrected chi connectivity index (χ2v) is 5.96. The Hall–Kier alpha value is -1.26. The van der Waals surface area contributed by atoms with Crippen molar-refractivity contribution in [3.8, 4) is 0 Å². The summed E-state index contributed by atoms with van der Waals surface area (Å²) >= 11 is 7.59. The number of thioether (sulfide) groups is 1. The Morgan fingerprint density at radius 3 is 3.00 bits per heavy atom. The highest BCUT2D eigenvalue weighted by Crippen LogP contribution is 2.21. The lowest BCUT2D eigenvalue weighted by Crippen LogP contribution is -2.22. The van der Waals surface area contributed by atoms with Crippen LogP contribution in [-0.4, -0.2) is 15.3 Å². The zero-order valence-electron chi connectivity index (χ0n) is 11.4. The average Bonchev–Trinajstić information content (AvgIpc) is 2.43. The molecule has 0 aliphatic carbocycles. The summed E-state index contributed by atoms with van der Waals surface area (Å²) in [6, 6.07) is 5.18. The van der Waals surface area contributed by atoms with Crippen LogP contribution in [0.2, 0.25) is 5.02 Å². The number of unbranched alkanes of at least 4 members (excludes halogenated alkanes) is 1. The molecule has 2 rings (SSSR count). The van der Waals surface area contributed by atoms with Gasteiger partial charge in [0.2, 0.25) is 0 Å². The van der Waals surface area contributed by atoms with E-state index >= 15 is 0 Å². The lowest BCUT2D eigenvalue weighted by molar-refractivity contribution is 0.671. The van der Waals surface area contributed by atoms with Crippen LogP contribution in [0.3, 0.4) is 0 Å². The van der Waals surface area contributed by atoms with Crippen molar-refractivity contribution in [3.63, 3.8) is 0 Å². The summed E-state index contributed by atoms with van der Waals surface area (Å²) < 4.78 is 1.67. The van der Waals surface area contributed by atoms with Crippen LogP contribution in [0.1, 0.15) is 19.8 Å². The van der Waals surface area contributed by atoms with Gasteiger partial charge in [-0.15, -0.1) is 6.58 Å². The minimum absolute atomic E-state index is 0.0365. The molecule has 0 amide bonds. The number of rotatable bonds is 6. The number of benzene rings is 1. The summed E-state index contributed by atoms with van der Waals surface area (Å²) in [5, 5.41) is 1.92. The number of hydrogen-bond acceptors (Lipinski definition) is 3. The van der Waals surface area contributed by atoms with Crippen LogP contribution in [0.25, 0.3) is 10.9 Å². The van der Waals surface area contributed by atoms with Gasteiger partial charge in [0, 0.05) is 17.3 Å². The van der Waals surface area contributed by atoms with Gasteiger partial charge in [0.15, 0.2) is 5.16 Å². The molecule has 0 fully saturated rings. The van der Waals surface area contributed by atoms with E-state index in [9.17, 15) is 4.79 Å². The van der Waals surface area contributed by atoms with Gasteiger partial charge in [0.1, 0.15) is 0 Å². The van der Waals surface area contributed by atoms with Gasteiger partial charge in [-0.2, -0.15) is 0 Å². The van der Waals surface area contributed by atoms with Crippen molar-refractivity contribution in [3.05, 3.63) is 46.2 Å². The normalized spacial score (nSPS) is 10.9. The summed E-state index contributed by atoms with van der Waals surface area (Å²) in [7, 11) is 0. The number of fused-ring (bicyclic) bond motifs is 1. The predicted molar refractivity (Wildman–Crippen MR) is 86.8 cm³/mol.